The first-order chi connectivity index (χ1) is 15.9. The van der Waals surface area contributed by atoms with Gasteiger partial charge in [0.05, 0.1) is 5.69 Å². The zero-order chi connectivity index (χ0) is 24.1. The predicted molar refractivity (Wildman–Crippen MR) is 123 cm³/mol. The first-order valence-electron chi connectivity index (χ1n) is 12.1. The van der Waals surface area contributed by atoms with Crippen LogP contribution >= 0.6 is 0 Å². The van der Waals surface area contributed by atoms with Gasteiger partial charge in [0.1, 0.15) is 33.9 Å². The number of rotatable bonds is 0. The molecule has 7 aliphatic rings. The Morgan fingerprint density at radius 1 is 1.12 bits per heavy atom. The van der Waals surface area contributed by atoms with E-state index in [0.717, 1.165) is 12.0 Å². The number of piperazine rings is 1. The number of aliphatic hydroxyl groups excluding tert-OH is 1. The van der Waals surface area contributed by atoms with Gasteiger partial charge in [0.2, 0.25) is 11.8 Å². The maximum Gasteiger partial charge on any atom is 0.252 e. The van der Waals surface area contributed by atoms with Crippen LogP contribution in [0.15, 0.2) is 18.2 Å². The van der Waals surface area contributed by atoms with Crippen molar-refractivity contribution in [1.82, 2.24) is 10.2 Å². The summed E-state index contributed by atoms with van der Waals surface area (Å²) in [7, 11) is 0. The van der Waals surface area contributed by atoms with Gasteiger partial charge in [-0.15, -0.1) is 0 Å². The topological polar surface area (TPSA) is 108 Å². The number of nitrogens with one attached hydrogen (secondary N) is 2. The van der Waals surface area contributed by atoms with E-state index < -0.39 is 33.6 Å². The highest BCUT2D eigenvalue weighted by Gasteiger charge is 2.85. The van der Waals surface area contributed by atoms with Crippen molar-refractivity contribution in [2.45, 2.75) is 75.2 Å². The highest BCUT2D eigenvalue weighted by atomic mass is 16.5. The molecule has 3 N–H and O–H groups in total. The Labute approximate surface area is 197 Å². The van der Waals surface area contributed by atoms with E-state index in [4.69, 9.17) is 4.74 Å². The van der Waals surface area contributed by atoms with E-state index in [0.29, 0.717) is 36.4 Å². The monoisotopic (exact) mass is 463 g/mol. The average molecular weight is 464 g/mol. The van der Waals surface area contributed by atoms with E-state index in [9.17, 15) is 19.5 Å². The van der Waals surface area contributed by atoms with Crippen LogP contribution in [0, 0.1) is 11.3 Å². The van der Waals surface area contributed by atoms with Crippen molar-refractivity contribution in [3.63, 3.8) is 0 Å². The summed E-state index contributed by atoms with van der Waals surface area (Å²) in [6.07, 6.45) is 4.33. The summed E-state index contributed by atoms with van der Waals surface area (Å²) in [5, 5.41) is 18.2. The number of aliphatic hydroxyl groups is 1. The molecule has 178 valence electrons. The first-order valence-corrected chi connectivity index (χ1v) is 12.1. The molecule has 6 aliphatic heterocycles. The van der Waals surface area contributed by atoms with Crippen LogP contribution in [0.4, 0.5) is 5.69 Å². The maximum atomic E-state index is 14.0. The van der Waals surface area contributed by atoms with Crippen molar-refractivity contribution in [1.29, 1.82) is 0 Å². The van der Waals surface area contributed by atoms with Crippen molar-refractivity contribution >= 4 is 29.5 Å². The smallest absolute Gasteiger partial charge is 0.252 e. The summed E-state index contributed by atoms with van der Waals surface area (Å²) in [6.45, 7) is 8.37. The summed E-state index contributed by atoms with van der Waals surface area (Å²) in [5.41, 5.74) is -3.02. The van der Waals surface area contributed by atoms with Gasteiger partial charge in [0, 0.05) is 18.0 Å². The van der Waals surface area contributed by atoms with E-state index >= 15 is 0 Å². The Morgan fingerprint density at radius 2 is 1.88 bits per heavy atom. The lowest BCUT2D eigenvalue weighted by atomic mass is 9.57. The van der Waals surface area contributed by atoms with E-state index in [2.05, 4.69) is 10.6 Å². The quantitative estimate of drug-likeness (QED) is 0.543. The highest BCUT2D eigenvalue weighted by Crippen LogP contribution is 2.70. The molecular formula is C26H29N3O5. The number of benzene rings is 1. The van der Waals surface area contributed by atoms with Crippen LogP contribution in [-0.2, 0) is 19.8 Å². The van der Waals surface area contributed by atoms with E-state index in [-0.39, 0.29) is 23.6 Å². The van der Waals surface area contributed by atoms with Gasteiger partial charge in [-0.05, 0) is 62.3 Å². The minimum absolute atomic E-state index is 0.199. The lowest BCUT2D eigenvalue weighted by Gasteiger charge is -2.59. The molecule has 0 unspecified atom stereocenters. The minimum Gasteiger partial charge on any atom is -0.483 e. The molecule has 34 heavy (non-hydrogen) atoms. The molecule has 1 aliphatic carbocycles. The molecule has 2 bridgehead atoms. The van der Waals surface area contributed by atoms with Crippen LogP contribution in [0.5, 0.6) is 5.75 Å². The fourth-order valence-corrected chi connectivity index (χ4v) is 8.37. The number of amides is 3. The van der Waals surface area contributed by atoms with Gasteiger partial charge in [0.25, 0.3) is 5.91 Å². The second-order valence-electron chi connectivity index (χ2n) is 12.0. The number of piperidine rings is 2. The molecule has 4 saturated heterocycles. The van der Waals surface area contributed by atoms with Crippen molar-refractivity contribution in [3.05, 3.63) is 29.3 Å². The number of carbonyl (C=O) groups excluding carboxylic acids is 3. The molecule has 3 amide bonds. The molecule has 8 nitrogen and oxygen atoms in total. The molecule has 8 heteroatoms. The fraction of sp³-hybridized carbons (Fsp3) is 0.577. The van der Waals surface area contributed by atoms with Gasteiger partial charge in [-0.3, -0.25) is 14.4 Å². The summed E-state index contributed by atoms with van der Waals surface area (Å²) in [6, 6.07) is 3.69. The number of carbonyl (C=O) groups is 3. The Balaban J connectivity index is 1.47. The first kappa shape index (κ1) is 20.5. The second-order valence-corrected chi connectivity index (χ2v) is 12.0. The van der Waals surface area contributed by atoms with Gasteiger partial charge >= 0.3 is 0 Å². The summed E-state index contributed by atoms with van der Waals surface area (Å²) in [5.74, 6) is -0.501. The summed E-state index contributed by atoms with van der Waals surface area (Å²) < 4.78 is 6.11. The molecular weight excluding hydrogens is 434 g/mol. The number of hydrogen-bond donors (Lipinski definition) is 3. The molecule has 8 rings (SSSR count). The average Bonchev–Trinajstić information content (AvgIpc) is 3.37. The number of nitrogens with zero attached hydrogens (tertiary/aromatic N) is 1. The minimum atomic E-state index is -1.52. The molecule has 1 saturated carbocycles. The van der Waals surface area contributed by atoms with Crippen LogP contribution in [0.1, 0.15) is 58.1 Å². The lowest BCUT2D eigenvalue weighted by Crippen LogP contribution is -2.83. The maximum absolute atomic E-state index is 14.0. The van der Waals surface area contributed by atoms with Crippen LogP contribution in [-0.4, -0.2) is 57.1 Å². The Hall–Kier alpha value is -2.87. The van der Waals surface area contributed by atoms with Crippen LogP contribution in [0.2, 0.25) is 0 Å². The van der Waals surface area contributed by atoms with E-state index in [1.54, 1.807) is 4.90 Å². The molecule has 6 heterocycles. The lowest BCUT2D eigenvalue weighted by molar-refractivity contribution is -0.180. The molecule has 3 spiro atoms. The SMILES string of the molecule is CC1(C)C=Cc2c(ccc3c2NC(=O)[C@@]32[C@@H](O)[C@@]34NC(=O)[C@]5(CCCN5C3=O)C[C@H]4C2(C)C)O1. The van der Waals surface area contributed by atoms with Gasteiger partial charge in [0.15, 0.2) is 0 Å². The largest absolute Gasteiger partial charge is 0.483 e. The molecule has 1 aromatic carbocycles. The predicted octanol–water partition coefficient (Wildman–Crippen LogP) is 1.71. The molecule has 0 aromatic heterocycles. The number of ether oxygens (including phenoxy) is 1. The summed E-state index contributed by atoms with van der Waals surface area (Å²) in [4.78, 5) is 43.0. The normalized spacial score (nSPS) is 41.6. The van der Waals surface area contributed by atoms with Crippen LogP contribution < -0.4 is 15.4 Å². The van der Waals surface area contributed by atoms with Crippen molar-refractivity contribution < 1.29 is 24.2 Å². The Bertz CT molecular complexity index is 1270. The molecule has 5 atom stereocenters. The zero-order valence-electron chi connectivity index (χ0n) is 19.8. The van der Waals surface area contributed by atoms with Crippen LogP contribution in [0.25, 0.3) is 6.08 Å². The Morgan fingerprint density at radius 3 is 2.65 bits per heavy atom. The van der Waals surface area contributed by atoms with E-state index in [1.165, 1.54) is 0 Å². The third-order valence-electron chi connectivity index (χ3n) is 9.90. The molecule has 5 fully saturated rings. The second kappa shape index (κ2) is 5.51. The van der Waals surface area contributed by atoms with Crippen molar-refractivity contribution in [2.24, 2.45) is 11.3 Å². The third kappa shape index (κ3) is 1.80. The standard InChI is InChI=1S/C26H29N3O5/c1-22(2)10-8-13-15(34-22)7-6-14-17(13)27-20(32)25(14)18(30)26-16(23(25,3)4)12-24(19(31)28-26)9-5-11-29(24)21(26)33/h6-8,10,16,18,30H,5,9,11-12H2,1-4H3,(H,27,32)(H,28,31)/t16-,18+,24-,25-,26+/m0/s1. The number of hydrogen-bond acceptors (Lipinski definition) is 5. The fourth-order valence-electron chi connectivity index (χ4n) is 8.37. The van der Waals surface area contributed by atoms with Gasteiger partial charge in [-0.25, -0.2) is 0 Å². The van der Waals surface area contributed by atoms with Gasteiger partial charge in [-0.1, -0.05) is 19.9 Å². The third-order valence-corrected chi connectivity index (χ3v) is 9.90. The number of anilines is 1. The highest BCUT2D eigenvalue weighted by molar-refractivity contribution is 6.13. The Kier molecular flexibility index (Phi) is 3.32. The zero-order valence-corrected chi connectivity index (χ0v) is 19.8. The van der Waals surface area contributed by atoms with Gasteiger partial charge < -0.3 is 25.4 Å². The van der Waals surface area contributed by atoms with Crippen molar-refractivity contribution in [2.75, 3.05) is 11.9 Å². The van der Waals surface area contributed by atoms with E-state index in [1.807, 2.05) is 52.0 Å². The summed E-state index contributed by atoms with van der Waals surface area (Å²) >= 11 is 0. The van der Waals surface area contributed by atoms with Crippen molar-refractivity contribution in [3.8, 4) is 5.75 Å². The molecule has 0 radical (unpaired) electrons. The number of fused-ring (bicyclic) bond motifs is 5. The van der Waals surface area contributed by atoms with Crippen LogP contribution in [0.3, 0.4) is 0 Å². The van der Waals surface area contributed by atoms with Gasteiger partial charge in [-0.2, -0.15) is 0 Å². The molecule has 1 aromatic rings.